The number of carbonyl (C=O) groups excluding carboxylic acids is 2. The minimum Gasteiger partial charge on any atom is -0.486 e. The topological polar surface area (TPSA) is 98.6 Å². The van der Waals surface area contributed by atoms with Crippen LogP contribution in [0.4, 0.5) is 5.69 Å². The van der Waals surface area contributed by atoms with Gasteiger partial charge in [0.15, 0.2) is 11.0 Å². The highest BCUT2D eigenvalue weighted by Gasteiger charge is 2.19. The number of hydrogen-bond acceptors (Lipinski definition) is 7. The van der Waals surface area contributed by atoms with Crippen LogP contribution in [-0.2, 0) is 23.2 Å². The van der Waals surface area contributed by atoms with Gasteiger partial charge < -0.3 is 24.3 Å². The van der Waals surface area contributed by atoms with Gasteiger partial charge in [-0.1, -0.05) is 35.5 Å². The van der Waals surface area contributed by atoms with Gasteiger partial charge in [-0.2, -0.15) is 0 Å². The van der Waals surface area contributed by atoms with Crippen molar-refractivity contribution in [3.63, 3.8) is 0 Å². The van der Waals surface area contributed by atoms with Crippen molar-refractivity contribution in [2.75, 3.05) is 37.4 Å². The standard InChI is InChI=1S/C24H27N5O4S/c1-17-6-8-20(9-7-17)33-15-21-26-27-24(28(21)2)34-16-22(30)25-19-5-3-4-18(14-19)23(31)29-10-12-32-13-11-29/h3-9,14H,10-13,15-16H2,1-2H3,(H,25,30). The van der Waals surface area contributed by atoms with E-state index >= 15 is 0 Å². The summed E-state index contributed by atoms with van der Waals surface area (Å²) in [6.45, 7) is 4.53. The van der Waals surface area contributed by atoms with Gasteiger partial charge in [0.2, 0.25) is 5.91 Å². The number of ether oxygens (including phenoxy) is 2. The highest BCUT2D eigenvalue weighted by Crippen LogP contribution is 2.19. The minimum absolute atomic E-state index is 0.0618. The van der Waals surface area contributed by atoms with Gasteiger partial charge in [-0.25, -0.2) is 0 Å². The Morgan fingerprint density at radius 2 is 1.88 bits per heavy atom. The van der Waals surface area contributed by atoms with Crippen LogP contribution in [0.3, 0.4) is 0 Å². The second-order valence-electron chi connectivity index (χ2n) is 7.88. The third kappa shape index (κ3) is 6.15. The van der Waals surface area contributed by atoms with Crippen LogP contribution in [0.2, 0.25) is 0 Å². The lowest BCUT2D eigenvalue weighted by Gasteiger charge is -2.27. The summed E-state index contributed by atoms with van der Waals surface area (Å²) in [5, 5.41) is 11.8. The smallest absolute Gasteiger partial charge is 0.254 e. The van der Waals surface area contributed by atoms with Crippen molar-refractivity contribution in [1.29, 1.82) is 0 Å². The van der Waals surface area contributed by atoms with Crippen molar-refractivity contribution in [3.8, 4) is 5.75 Å². The number of amides is 2. The normalized spacial score (nSPS) is 13.5. The zero-order chi connectivity index (χ0) is 23.9. The van der Waals surface area contributed by atoms with Crippen LogP contribution in [0, 0.1) is 6.92 Å². The van der Waals surface area contributed by atoms with Crippen molar-refractivity contribution in [1.82, 2.24) is 19.7 Å². The quantitative estimate of drug-likeness (QED) is 0.494. The summed E-state index contributed by atoms with van der Waals surface area (Å²) >= 11 is 1.28. The predicted octanol–water partition coefficient (Wildman–Crippen LogP) is 2.91. The van der Waals surface area contributed by atoms with E-state index in [4.69, 9.17) is 9.47 Å². The first-order chi connectivity index (χ1) is 16.5. The summed E-state index contributed by atoms with van der Waals surface area (Å²) in [5.41, 5.74) is 2.28. The molecule has 9 nitrogen and oxygen atoms in total. The van der Waals surface area contributed by atoms with Crippen LogP contribution < -0.4 is 10.1 Å². The fraction of sp³-hybridized carbons (Fsp3) is 0.333. The molecule has 1 N–H and O–H groups in total. The molecule has 1 saturated heterocycles. The van der Waals surface area contributed by atoms with Crippen molar-refractivity contribution in [2.45, 2.75) is 18.7 Å². The van der Waals surface area contributed by atoms with E-state index in [1.807, 2.05) is 42.8 Å². The lowest BCUT2D eigenvalue weighted by atomic mass is 10.1. The van der Waals surface area contributed by atoms with Gasteiger partial charge in [-0.3, -0.25) is 9.59 Å². The van der Waals surface area contributed by atoms with Gasteiger partial charge in [-0.15, -0.1) is 10.2 Å². The first-order valence-electron chi connectivity index (χ1n) is 11.0. The molecule has 2 aromatic carbocycles. The number of rotatable bonds is 8. The highest BCUT2D eigenvalue weighted by molar-refractivity contribution is 7.99. The second kappa shape index (κ2) is 11.2. The van der Waals surface area contributed by atoms with Crippen molar-refractivity contribution in [3.05, 3.63) is 65.5 Å². The molecule has 34 heavy (non-hydrogen) atoms. The molecule has 1 aromatic heterocycles. The molecule has 178 valence electrons. The molecule has 2 amide bonds. The number of thioether (sulfide) groups is 1. The first kappa shape index (κ1) is 23.8. The molecular formula is C24H27N5O4S. The van der Waals surface area contributed by atoms with E-state index in [0.29, 0.717) is 48.5 Å². The molecule has 0 spiro atoms. The Labute approximate surface area is 202 Å². The maximum absolute atomic E-state index is 12.7. The Morgan fingerprint density at radius 1 is 1.12 bits per heavy atom. The molecule has 4 rings (SSSR count). The fourth-order valence-electron chi connectivity index (χ4n) is 3.38. The van der Waals surface area contributed by atoms with E-state index in [-0.39, 0.29) is 24.2 Å². The summed E-state index contributed by atoms with van der Waals surface area (Å²) in [5.74, 6) is 1.33. The average Bonchev–Trinajstić information content (AvgIpc) is 3.21. The third-order valence-electron chi connectivity index (χ3n) is 5.34. The summed E-state index contributed by atoms with van der Waals surface area (Å²) in [6.07, 6.45) is 0. The van der Waals surface area contributed by atoms with Gasteiger partial charge >= 0.3 is 0 Å². The molecule has 0 unspecified atom stereocenters. The van der Waals surface area contributed by atoms with E-state index in [2.05, 4.69) is 15.5 Å². The molecule has 0 atom stereocenters. The maximum atomic E-state index is 12.7. The number of nitrogens with one attached hydrogen (secondary N) is 1. The van der Waals surface area contributed by atoms with Gasteiger partial charge in [0.25, 0.3) is 5.91 Å². The number of aryl methyl sites for hydroxylation is 1. The Hall–Kier alpha value is -3.37. The van der Waals surface area contributed by atoms with Crippen molar-refractivity contribution in [2.24, 2.45) is 7.05 Å². The number of nitrogens with zero attached hydrogens (tertiary/aromatic N) is 4. The Morgan fingerprint density at radius 3 is 2.65 bits per heavy atom. The summed E-state index contributed by atoms with van der Waals surface area (Å²) < 4.78 is 12.9. The summed E-state index contributed by atoms with van der Waals surface area (Å²) in [4.78, 5) is 26.9. The van der Waals surface area contributed by atoms with Crippen LogP contribution in [0.25, 0.3) is 0 Å². The fourth-order valence-corrected chi connectivity index (χ4v) is 4.11. The molecule has 0 radical (unpaired) electrons. The lowest BCUT2D eigenvalue weighted by molar-refractivity contribution is -0.113. The van der Waals surface area contributed by atoms with Gasteiger partial charge in [0, 0.05) is 31.4 Å². The molecule has 0 bridgehead atoms. The van der Waals surface area contributed by atoms with Crippen LogP contribution in [0.5, 0.6) is 5.75 Å². The molecule has 0 aliphatic carbocycles. The number of carbonyl (C=O) groups is 2. The third-order valence-corrected chi connectivity index (χ3v) is 6.36. The van der Waals surface area contributed by atoms with Crippen LogP contribution in [0.15, 0.2) is 53.7 Å². The number of morpholine rings is 1. The molecule has 0 saturated carbocycles. The van der Waals surface area contributed by atoms with E-state index < -0.39 is 0 Å². The molecule has 1 fully saturated rings. The molecule has 2 heterocycles. The second-order valence-corrected chi connectivity index (χ2v) is 8.82. The number of anilines is 1. The van der Waals surface area contributed by atoms with Gasteiger partial charge in [-0.05, 0) is 37.3 Å². The summed E-state index contributed by atoms with van der Waals surface area (Å²) in [7, 11) is 1.84. The molecule has 3 aromatic rings. The molecule has 10 heteroatoms. The predicted molar refractivity (Wildman–Crippen MR) is 129 cm³/mol. The molecule has 1 aliphatic rings. The van der Waals surface area contributed by atoms with E-state index in [1.54, 1.807) is 29.2 Å². The van der Waals surface area contributed by atoms with Crippen molar-refractivity contribution >= 4 is 29.3 Å². The minimum atomic E-state index is -0.193. The highest BCUT2D eigenvalue weighted by atomic mass is 32.2. The van der Waals surface area contributed by atoms with E-state index in [9.17, 15) is 9.59 Å². The zero-order valence-electron chi connectivity index (χ0n) is 19.2. The average molecular weight is 482 g/mol. The maximum Gasteiger partial charge on any atom is 0.254 e. The number of benzene rings is 2. The number of aromatic nitrogens is 3. The Bertz CT molecular complexity index is 1140. The molecular weight excluding hydrogens is 454 g/mol. The van der Waals surface area contributed by atoms with Crippen molar-refractivity contribution < 1.29 is 19.1 Å². The number of hydrogen-bond donors (Lipinski definition) is 1. The summed E-state index contributed by atoms with van der Waals surface area (Å²) in [6, 6.07) is 14.8. The first-order valence-corrected chi connectivity index (χ1v) is 12.0. The van der Waals surface area contributed by atoms with E-state index in [0.717, 1.165) is 5.75 Å². The Kier molecular flexibility index (Phi) is 7.81. The van der Waals surface area contributed by atoms with Crippen LogP contribution in [0.1, 0.15) is 21.7 Å². The Balaban J connectivity index is 1.28. The largest absolute Gasteiger partial charge is 0.486 e. The lowest BCUT2D eigenvalue weighted by Crippen LogP contribution is -2.40. The SMILES string of the molecule is Cc1ccc(OCc2nnc(SCC(=O)Nc3cccc(C(=O)N4CCOCC4)c3)n2C)cc1. The zero-order valence-corrected chi connectivity index (χ0v) is 20.0. The van der Waals surface area contributed by atoms with Gasteiger partial charge in [0.05, 0.1) is 19.0 Å². The van der Waals surface area contributed by atoms with Crippen LogP contribution in [-0.4, -0.2) is 63.5 Å². The van der Waals surface area contributed by atoms with Gasteiger partial charge in [0.1, 0.15) is 12.4 Å². The monoisotopic (exact) mass is 481 g/mol. The van der Waals surface area contributed by atoms with Crippen LogP contribution >= 0.6 is 11.8 Å². The van der Waals surface area contributed by atoms with E-state index in [1.165, 1.54) is 17.3 Å². The molecule has 1 aliphatic heterocycles.